The van der Waals surface area contributed by atoms with Crippen LogP contribution in [0.5, 0.6) is 0 Å². The second-order valence-electron chi connectivity index (χ2n) is 5.19. The molecule has 11 heteroatoms. The molecule has 3 N–H and O–H groups in total. The number of aryl methyl sites for hydroxylation is 2. The molecule has 0 fully saturated rings. The number of hydrogen-bond donors (Lipinski definition) is 3. The summed E-state index contributed by atoms with van der Waals surface area (Å²) in [7, 11) is -3.42. The normalized spacial score (nSPS) is 11.9. The lowest BCUT2D eigenvalue weighted by molar-refractivity contribution is 0.582. The van der Waals surface area contributed by atoms with Crippen molar-refractivity contribution >= 4 is 62.6 Å². The van der Waals surface area contributed by atoms with Gasteiger partial charge < -0.3 is 10.6 Å². The minimum Gasteiger partial charge on any atom is -0.357 e. The Morgan fingerprint density at radius 3 is 2.62 bits per heavy atom. The van der Waals surface area contributed by atoms with Crippen molar-refractivity contribution in [3.8, 4) is 0 Å². The smallest absolute Gasteiger partial charge is 0.250 e. The van der Waals surface area contributed by atoms with Crippen molar-refractivity contribution in [1.82, 2.24) is 20.3 Å². The van der Waals surface area contributed by atoms with Gasteiger partial charge in [-0.3, -0.25) is 0 Å². The average molecular weight is 529 g/mol. The number of guanidine groups is 1. The predicted molar refractivity (Wildman–Crippen MR) is 119 cm³/mol. The fourth-order valence-corrected chi connectivity index (χ4v) is 5.00. The molecular weight excluding hydrogens is 505 g/mol. The number of thiazole rings is 1. The molecule has 0 unspecified atom stereocenters. The summed E-state index contributed by atoms with van der Waals surface area (Å²) >= 11 is 2.84. The van der Waals surface area contributed by atoms with E-state index >= 15 is 0 Å². The molecule has 0 saturated carbocycles. The number of hydrogen-bond acceptors (Lipinski definition) is 6. The number of thiophene rings is 1. The zero-order valence-corrected chi connectivity index (χ0v) is 19.7. The van der Waals surface area contributed by atoms with Gasteiger partial charge in [0.1, 0.15) is 4.21 Å². The van der Waals surface area contributed by atoms with Gasteiger partial charge in [-0.05, 0) is 32.2 Å². The molecular formula is C15H24IN5O2S3. The molecule has 2 aromatic rings. The van der Waals surface area contributed by atoms with Crippen LogP contribution in [0.15, 0.2) is 26.7 Å². The molecule has 2 aromatic heterocycles. The summed E-state index contributed by atoms with van der Waals surface area (Å²) in [5.74, 6) is 0.656. The summed E-state index contributed by atoms with van der Waals surface area (Å²) in [5, 5.41) is 9.06. The van der Waals surface area contributed by atoms with E-state index in [1.54, 1.807) is 28.8 Å². The van der Waals surface area contributed by atoms with E-state index in [4.69, 9.17) is 0 Å². The number of aliphatic imine (C=N–C) groups is 1. The molecule has 0 spiro atoms. The van der Waals surface area contributed by atoms with E-state index < -0.39 is 10.0 Å². The average Bonchev–Trinajstić information content (AvgIpc) is 3.19. The van der Waals surface area contributed by atoms with Crippen molar-refractivity contribution in [3.63, 3.8) is 0 Å². The van der Waals surface area contributed by atoms with Crippen LogP contribution in [0.25, 0.3) is 0 Å². The molecule has 0 aliphatic carbocycles. The van der Waals surface area contributed by atoms with Crippen molar-refractivity contribution in [3.05, 3.63) is 33.1 Å². The molecule has 0 bridgehead atoms. The zero-order chi connectivity index (χ0) is 18.3. The SMILES string of the molecule is CCNC(=NCc1sc(C)nc1C)NCCNS(=O)(=O)c1cccs1.I. The molecule has 146 valence electrons. The molecule has 0 radical (unpaired) electrons. The standard InChI is InChI=1S/C15H23N5O2S3.HI/c1-4-16-15(18-10-13-11(2)20-12(3)24-13)17-7-8-19-25(21,22)14-6-5-9-23-14;/h5-6,9,19H,4,7-8,10H2,1-3H3,(H2,16,17,18);1H. The summed E-state index contributed by atoms with van der Waals surface area (Å²) in [4.78, 5) is 10.1. The van der Waals surface area contributed by atoms with E-state index in [-0.39, 0.29) is 30.5 Å². The number of nitrogens with zero attached hydrogens (tertiary/aromatic N) is 2. The second-order valence-corrected chi connectivity index (χ2v) is 9.42. The van der Waals surface area contributed by atoms with Crippen LogP contribution in [0, 0.1) is 13.8 Å². The molecule has 0 aliphatic rings. The van der Waals surface area contributed by atoms with Crippen molar-refractivity contribution in [2.24, 2.45) is 4.99 Å². The van der Waals surface area contributed by atoms with Crippen molar-refractivity contribution in [2.75, 3.05) is 19.6 Å². The highest BCUT2D eigenvalue weighted by molar-refractivity contribution is 14.0. The number of halogens is 1. The quantitative estimate of drug-likeness (QED) is 0.212. The Kier molecular flexibility index (Phi) is 10.00. The van der Waals surface area contributed by atoms with Gasteiger partial charge in [-0.15, -0.1) is 46.7 Å². The highest BCUT2D eigenvalue weighted by Crippen LogP contribution is 2.17. The van der Waals surface area contributed by atoms with Crippen LogP contribution in [-0.4, -0.2) is 39.0 Å². The Hall–Kier alpha value is -0.760. The highest BCUT2D eigenvalue weighted by Gasteiger charge is 2.13. The molecule has 0 aromatic carbocycles. The van der Waals surface area contributed by atoms with E-state index in [0.29, 0.717) is 23.3 Å². The highest BCUT2D eigenvalue weighted by atomic mass is 127. The first kappa shape index (κ1) is 23.3. The first-order chi connectivity index (χ1) is 11.9. The van der Waals surface area contributed by atoms with Gasteiger partial charge >= 0.3 is 0 Å². The maximum Gasteiger partial charge on any atom is 0.250 e. The summed E-state index contributed by atoms with van der Waals surface area (Å²) in [6.45, 7) is 7.95. The maximum atomic E-state index is 12.0. The van der Waals surface area contributed by atoms with Gasteiger partial charge in [0.2, 0.25) is 10.0 Å². The Bertz CT molecular complexity index is 803. The molecule has 0 atom stereocenters. The van der Waals surface area contributed by atoms with Crippen LogP contribution in [0.3, 0.4) is 0 Å². The van der Waals surface area contributed by atoms with E-state index in [9.17, 15) is 8.42 Å². The summed E-state index contributed by atoms with van der Waals surface area (Å²) in [6.07, 6.45) is 0. The third-order valence-corrected chi connectivity index (χ3v) is 7.11. The van der Waals surface area contributed by atoms with E-state index in [1.807, 2.05) is 20.8 Å². The Morgan fingerprint density at radius 2 is 2.04 bits per heavy atom. The van der Waals surface area contributed by atoms with Crippen LogP contribution in [0.1, 0.15) is 22.5 Å². The number of sulfonamides is 1. The first-order valence-electron chi connectivity index (χ1n) is 7.90. The minimum absolute atomic E-state index is 0. The minimum atomic E-state index is -3.42. The third-order valence-electron chi connectivity index (χ3n) is 3.19. The molecule has 2 rings (SSSR count). The topological polar surface area (TPSA) is 95.5 Å². The lowest BCUT2D eigenvalue weighted by Gasteiger charge is -2.11. The fraction of sp³-hybridized carbons (Fsp3) is 0.467. The van der Waals surface area contributed by atoms with Gasteiger partial charge in [-0.1, -0.05) is 6.07 Å². The number of rotatable bonds is 8. The summed E-state index contributed by atoms with van der Waals surface area (Å²) < 4.78 is 27.0. The lowest BCUT2D eigenvalue weighted by atomic mass is 10.4. The van der Waals surface area contributed by atoms with Gasteiger partial charge in [0, 0.05) is 24.5 Å². The van der Waals surface area contributed by atoms with Gasteiger partial charge in [0.25, 0.3) is 0 Å². The maximum absolute atomic E-state index is 12.0. The van der Waals surface area contributed by atoms with Gasteiger partial charge in [-0.25, -0.2) is 23.1 Å². The van der Waals surface area contributed by atoms with Gasteiger partial charge in [0.05, 0.1) is 17.2 Å². The van der Waals surface area contributed by atoms with Crippen molar-refractivity contribution in [2.45, 2.75) is 31.5 Å². The second kappa shape index (κ2) is 11.2. The summed E-state index contributed by atoms with van der Waals surface area (Å²) in [5.41, 5.74) is 1.01. The molecule has 0 amide bonds. The first-order valence-corrected chi connectivity index (χ1v) is 11.1. The van der Waals surface area contributed by atoms with E-state index in [0.717, 1.165) is 22.1 Å². The lowest BCUT2D eigenvalue weighted by Crippen LogP contribution is -2.41. The molecule has 7 nitrogen and oxygen atoms in total. The van der Waals surface area contributed by atoms with Crippen LogP contribution >= 0.6 is 46.7 Å². The summed E-state index contributed by atoms with van der Waals surface area (Å²) in [6, 6.07) is 3.31. The van der Waals surface area contributed by atoms with Gasteiger partial charge in [-0.2, -0.15) is 0 Å². The van der Waals surface area contributed by atoms with Crippen LogP contribution in [0.4, 0.5) is 0 Å². The van der Waals surface area contributed by atoms with E-state index in [1.165, 1.54) is 11.3 Å². The Balaban J connectivity index is 0.00000338. The Morgan fingerprint density at radius 1 is 1.27 bits per heavy atom. The van der Waals surface area contributed by atoms with Crippen LogP contribution < -0.4 is 15.4 Å². The molecule has 26 heavy (non-hydrogen) atoms. The molecule has 0 aliphatic heterocycles. The van der Waals surface area contributed by atoms with Gasteiger partial charge in [0.15, 0.2) is 5.96 Å². The monoisotopic (exact) mass is 529 g/mol. The Labute approximate surface area is 179 Å². The zero-order valence-electron chi connectivity index (χ0n) is 14.9. The van der Waals surface area contributed by atoms with Crippen LogP contribution in [-0.2, 0) is 16.6 Å². The predicted octanol–water partition coefficient (Wildman–Crippen LogP) is 2.47. The van der Waals surface area contributed by atoms with E-state index in [2.05, 4.69) is 25.3 Å². The largest absolute Gasteiger partial charge is 0.357 e. The number of aromatic nitrogens is 1. The molecule has 2 heterocycles. The van der Waals surface area contributed by atoms with Crippen LogP contribution in [0.2, 0.25) is 0 Å². The van der Waals surface area contributed by atoms with Crippen molar-refractivity contribution < 1.29 is 8.42 Å². The third kappa shape index (κ3) is 7.10. The molecule has 0 saturated heterocycles. The van der Waals surface area contributed by atoms with Crippen molar-refractivity contribution in [1.29, 1.82) is 0 Å². The fourth-order valence-electron chi connectivity index (χ4n) is 2.07. The number of nitrogens with one attached hydrogen (secondary N) is 3.